The van der Waals surface area contributed by atoms with E-state index in [0.29, 0.717) is 6.54 Å². The van der Waals surface area contributed by atoms with E-state index in [-0.39, 0.29) is 23.8 Å². The number of rotatable bonds is 3. The zero-order chi connectivity index (χ0) is 15.4. The molecule has 1 amide bonds. The molecule has 1 aromatic carbocycles. The predicted molar refractivity (Wildman–Crippen MR) is 81.2 cm³/mol. The third kappa shape index (κ3) is 4.02. The maximum absolute atomic E-state index is 13.5. The first-order valence-corrected chi connectivity index (χ1v) is 7.49. The molecule has 2 atom stereocenters. The van der Waals surface area contributed by atoms with Gasteiger partial charge in [-0.1, -0.05) is 12.1 Å². The molecule has 0 radical (unpaired) electrons. The van der Waals surface area contributed by atoms with Crippen LogP contribution in [0.1, 0.15) is 31.9 Å². The molecule has 0 aromatic heterocycles. The maximum Gasteiger partial charge on any atom is 0.219 e. The van der Waals surface area contributed by atoms with Crippen LogP contribution in [-0.4, -0.2) is 47.9 Å². The largest absolute Gasteiger partial charge is 0.342 e. The summed E-state index contributed by atoms with van der Waals surface area (Å²) in [7, 11) is 0. The Labute approximate surface area is 125 Å². The average Bonchev–Trinajstić information content (AvgIpc) is 2.64. The van der Waals surface area contributed by atoms with Crippen molar-refractivity contribution in [3.05, 3.63) is 35.6 Å². The first-order chi connectivity index (χ1) is 9.99. The van der Waals surface area contributed by atoms with Crippen LogP contribution in [0.2, 0.25) is 0 Å². The van der Waals surface area contributed by atoms with Crippen molar-refractivity contribution in [3.8, 4) is 0 Å². The van der Waals surface area contributed by atoms with Gasteiger partial charge < -0.3 is 10.6 Å². The quantitative estimate of drug-likeness (QED) is 0.924. The molecule has 116 valence electrons. The highest BCUT2D eigenvalue weighted by molar-refractivity contribution is 5.73. The number of benzene rings is 1. The van der Waals surface area contributed by atoms with Gasteiger partial charge in [-0.25, -0.2) is 4.39 Å². The summed E-state index contributed by atoms with van der Waals surface area (Å²) in [5.41, 5.74) is 7.05. The molecule has 0 bridgehead atoms. The van der Waals surface area contributed by atoms with Gasteiger partial charge in [-0.05, 0) is 31.0 Å². The van der Waals surface area contributed by atoms with E-state index in [1.165, 1.54) is 6.07 Å². The topological polar surface area (TPSA) is 49.6 Å². The van der Waals surface area contributed by atoms with Gasteiger partial charge in [0.25, 0.3) is 0 Å². The molecular weight excluding hydrogens is 269 g/mol. The molecule has 1 aliphatic heterocycles. The minimum Gasteiger partial charge on any atom is -0.342 e. The Hall–Kier alpha value is -1.46. The smallest absolute Gasteiger partial charge is 0.219 e. The SMILES string of the molecule is CC(=O)N1CCCN(C(c2cccc(F)c2)C(C)N)CC1. The fourth-order valence-corrected chi connectivity index (χ4v) is 3.07. The molecule has 5 heteroatoms. The van der Waals surface area contributed by atoms with E-state index >= 15 is 0 Å². The minimum absolute atomic E-state index is 0.0207. The fraction of sp³-hybridized carbons (Fsp3) is 0.562. The van der Waals surface area contributed by atoms with Gasteiger partial charge in [0.05, 0.1) is 0 Å². The Morgan fingerprint density at radius 1 is 1.29 bits per heavy atom. The molecule has 1 fully saturated rings. The summed E-state index contributed by atoms with van der Waals surface area (Å²) in [5.74, 6) is -0.127. The molecule has 0 spiro atoms. The van der Waals surface area contributed by atoms with Crippen molar-refractivity contribution in [2.24, 2.45) is 5.73 Å². The van der Waals surface area contributed by atoms with Gasteiger partial charge >= 0.3 is 0 Å². The zero-order valence-corrected chi connectivity index (χ0v) is 12.8. The van der Waals surface area contributed by atoms with Gasteiger partial charge in [-0.2, -0.15) is 0 Å². The first-order valence-electron chi connectivity index (χ1n) is 7.49. The molecule has 1 aliphatic rings. The van der Waals surface area contributed by atoms with Crippen molar-refractivity contribution < 1.29 is 9.18 Å². The lowest BCUT2D eigenvalue weighted by atomic mass is 9.99. The van der Waals surface area contributed by atoms with Crippen LogP contribution < -0.4 is 5.73 Å². The molecule has 0 aliphatic carbocycles. The highest BCUT2D eigenvalue weighted by Crippen LogP contribution is 2.25. The van der Waals surface area contributed by atoms with Gasteiger partial charge in [0.1, 0.15) is 5.82 Å². The van der Waals surface area contributed by atoms with Crippen molar-refractivity contribution in [1.82, 2.24) is 9.80 Å². The Balaban J connectivity index is 2.17. The van der Waals surface area contributed by atoms with E-state index in [0.717, 1.165) is 31.6 Å². The highest BCUT2D eigenvalue weighted by atomic mass is 19.1. The molecule has 1 saturated heterocycles. The third-order valence-corrected chi connectivity index (χ3v) is 4.06. The number of amides is 1. The molecular formula is C16H24FN3O. The first kappa shape index (κ1) is 15.9. The van der Waals surface area contributed by atoms with Gasteiger partial charge in [-0.15, -0.1) is 0 Å². The van der Waals surface area contributed by atoms with Crippen molar-refractivity contribution in [1.29, 1.82) is 0 Å². The van der Waals surface area contributed by atoms with Crippen molar-refractivity contribution in [2.45, 2.75) is 32.4 Å². The molecule has 1 aromatic rings. The van der Waals surface area contributed by atoms with E-state index in [2.05, 4.69) is 4.90 Å². The van der Waals surface area contributed by atoms with Gasteiger partial charge in [-0.3, -0.25) is 9.69 Å². The van der Waals surface area contributed by atoms with Gasteiger partial charge in [0.2, 0.25) is 5.91 Å². The number of halogens is 1. The zero-order valence-electron chi connectivity index (χ0n) is 12.8. The van der Waals surface area contributed by atoms with Crippen LogP contribution in [0.15, 0.2) is 24.3 Å². The third-order valence-electron chi connectivity index (χ3n) is 4.06. The van der Waals surface area contributed by atoms with E-state index in [4.69, 9.17) is 5.73 Å². The van der Waals surface area contributed by atoms with Crippen LogP contribution in [0.25, 0.3) is 0 Å². The predicted octanol–water partition coefficient (Wildman–Crippen LogP) is 1.77. The maximum atomic E-state index is 13.5. The second-order valence-electron chi connectivity index (χ2n) is 5.75. The molecule has 2 rings (SSSR count). The number of hydrogen-bond donors (Lipinski definition) is 1. The second-order valence-corrected chi connectivity index (χ2v) is 5.75. The molecule has 0 saturated carbocycles. The lowest BCUT2D eigenvalue weighted by Gasteiger charge is -2.33. The molecule has 4 nitrogen and oxygen atoms in total. The number of nitrogens with zero attached hydrogens (tertiary/aromatic N) is 2. The van der Waals surface area contributed by atoms with Gasteiger partial charge in [0.15, 0.2) is 0 Å². The van der Waals surface area contributed by atoms with E-state index in [1.807, 2.05) is 17.9 Å². The number of hydrogen-bond acceptors (Lipinski definition) is 3. The summed E-state index contributed by atoms with van der Waals surface area (Å²) < 4.78 is 13.5. The van der Waals surface area contributed by atoms with Crippen molar-refractivity contribution in [3.63, 3.8) is 0 Å². The fourth-order valence-electron chi connectivity index (χ4n) is 3.07. The Morgan fingerprint density at radius 2 is 2.05 bits per heavy atom. The van der Waals surface area contributed by atoms with Crippen LogP contribution in [0.3, 0.4) is 0 Å². The van der Waals surface area contributed by atoms with Crippen molar-refractivity contribution >= 4 is 5.91 Å². The Morgan fingerprint density at radius 3 is 2.67 bits per heavy atom. The van der Waals surface area contributed by atoms with Crippen LogP contribution >= 0.6 is 0 Å². The van der Waals surface area contributed by atoms with Gasteiger partial charge in [0, 0.05) is 45.2 Å². The van der Waals surface area contributed by atoms with E-state index < -0.39 is 0 Å². The van der Waals surface area contributed by atoms with Crippen LogP contribution in [-0.2, 0) is 4.79 Å². The van der Waals surface area contributed by atoms with Crippen LogP contribution in [0.4, 0.5) is 4.39 Å². The standard InChI is InChI=1S/C16H24FN3O/c1-12(18)16(14-5-3-6-15(17)11-14)20-8-4-7-19(9-10-20)13(2)21/h3,5-6,11-12,16H,4,7-10,18H2,1-2H3. The van der Waals surface area contributed by atoms with Crippen molar-refractivity contribution in [2.75, 3.05) is 26.2 Å². The average molecular weight is 293 g/mol. The van der Waals surface area contributed by atoms with E-state index in [1.54, 1.807) is 19.1 Å². The summed E-state index contributed by atoms with van der Waals surface area (Å²) >= 11 is 0. The molecule has 2 N–H and O–H groups in total. The second kappa shape index (κ2) is 7.00. The van der Waals surface area contributed by atoms with Crippen LogP contribution in [0, 0.1) is 5.82 Å². The lowest BCUT2D eigenvalue weighted by Crippen LogP contribution is -2.42. The Kier molecular flexibility index (Phi) is 5.31. The number of carbonyl (C=O) groups excluding carboxylic acids is 1. The summed E-state index contributed by atoms with van der Waals surface area (Å²) in [6.07, 6.45) is 0.915. The summed E-state index contributed by atoms with van der Waals surface area (Å²) in [5, 5.41) is 0. The molecule has 1 heterocycles. The number of nitrogens with two attached hydrogens (primary N) is 1. The lowest BCUT2D eigenvalue weighted by molar-refractivity contribution is -0.128. The normalized spacial score (nSPS) is 19.9. The van der Waals surface area contributed by atoms with Crippen LogP contribution in [0.5, 0.6) is 0 Å². The Bertz CT molecular complexity index is 492. The minimum atomic E-state index is -0.238. The number of carbonyl (C=O) groups is 1. The summed E-state index contributed by atoms with van der Waals surface area (Å²) in [4.78, 5) is 15.6. The summed E-state index contributed by atoms with van der Waals surface area (Å²) in [6.45, 7) is 6.66. The molecule has 2 unspecified atom stereocenters. The monoisotopic (exact) mass is 293 g/mol. The highest BCUT2D eigenvalue weighted by Gasteiger charge is 2.27. The van der Waals surface area contributed by atoms with E-state index in [9.17, 15) is 9.18 Å². The molecule has 21 heavy (non-hydrogen) atoms. The summed E-state index contributed by atoms with van der Waals surface area (Å²) in [6, 6.07) is 6.52.